The van der Waals surface area contributed by atoms with Gasteiger partial charge in [-0.1, -0.05) is 0 Å². The van der Waals surface area contributed by atoms with Crippen molar-refractivity contribution in [3.05, 3.63) is 30.9 Å². The smallest absolute Gasteiger partial charge is 0.317 e. The van der Waals surface area contributed by atoms with Crippen molar-refractivity contribution >= 4 is 6.03 Å². The molecule has 0 radical (unpaired) electrons. The van der Waals surface area contributed by atoms with E-state index in [2.05, 4.69) is 20.5 Å². The van der Waals surface area contributed by atoms with Crippen LogP contribution in [-0.2, 0) is 13.6 Å². The van der Waals surface area contributed by atoms with E-state index in [4.69, 9.17) is 0 Å². The number of carbonyl (C=O) groups is 1. The van der Waals surface area contributed by atoms with Crippen molar-refractivity contribution in [1.29, 1.82) is 0 Å². The van der Waals surface area contributed by atoms with Crippen LogP contribution in [0.1, 0.15) is 31.5 Å². The summed E-state index contributed by atoms with van der Waals surface area (Å²) in [4.78, 5) is 18.4. The second-order valence-corrected chi connectivity index (χ2v) is 6.20. The van der Waals surface area contributed by atoms with Gasteiger partial charge in [0.2, 0.25) is 0 Å². The molecule has 2 amide bonds. The average molecular weight is 317 g/mol. The summed E-state index contributed by atoms with van der Waals surface area (Å²) in [5.41, 5.74) is 0. The number of nitrogens with one attached hydrogen (secondary N) is 1. The van der Waals surface area contributed by atoms with Gasteiger partial charge >= 0.3 is 6.03 Å². The highest BCUT2D eigenvalue weighted by Gasteiger charge is 2.27. The van der Waals surface area contributed by atoms with Gasteiger partial charge in [0, 0.05) is 51.0 Å². The summed E-state index contributed by atoms with van der Waals surface area (Å²) >= 11 is 0. The minimum Gasteiger partial charge on any atom is -0.335 e. The predicted molar refractivity (Wildman–Crippen MR) is 84.8 cm³/mol. The highest BCUT2D eigenvalue weighted by molar-refractivity contribution is 5.74. The summed E-state index contributed by atoms with van der Waals surface area (Å²) in [6.45, 7) is 4.20. The van der Waals surface area contributed by atoms with Gasteiger partial charge in [0.25, 0.3) is 0 Å². The van der Waals surface area contributed by atoms with E-state index in [-0.39, 0.29) is 18.0 Å². The van der Waals surface area contributed by atoms with Crippen LogP contribution in [0.15, 0.2) is 25.0 Å². The molecule has 3 rings (SSSR count). The fourth-order valence-corrected chi connectivity index (χ4v) is 3.09. The van der Waals surface area contributed by atoms with E-state index in [9.17, 15) is 4.79 Å². The molecule has 8 heteroatoms. The number of hydrogen-bond donors (Lipinski definition) is 1. The number of urea groups is 1. The quantitative estimate of drug-likeness (QED) is 0.912. The maximum atomic E-state index is 12.5. The minimum atomic E-state index is -0.00974. The van der Waals surface area contributed by atoms with Gasteiger partial charge in [-0.2, -0.15) is 0 Å². The van der Waals surface area contributed by atoms with Crippen molar-refractivity contribution in [2.45, 2.75) is 38.3 Å². The number of likely N-dealkylation sites (tertiary alicyclic amines) is 1. The van der Waals surface area contributed by atoms with E-state index in [1.165, 1.54) is 0 Å². The third kappa shape index (κ3) is 3.69. The first-order valence-electron chi connectivity index (χ1n) is 7.98. The fraction of sp³-hybridized carbons (Fsp3) is 0.600. The molecule has 8 nitrogen and oxygen atoms in total. The first-order valence-corrected chi connectivity index (χ1v) is 7.98. The van der Waals surface area contributed by atoms with Crippen LogP contribution in [0.3, 0.4) is 0 Å². The van der Waals surface area contributed by atoms with Gasteiger partial charge < -0.3 is 19.4 Å². The second-order valence-electron chi connectivity index (χ2n) is 6.20. The van der Waals surface area contributed by atoms with Gasteiger partial charge in [-0.3, -0.25) is 0 Å². The third-order valence-corrected chi connectivity index (χ3v) is 4.23. The Balaban J connectivity index is 1.55. The van der Waals surface area contributed by atoms with Crippen LogP contribution in [-0.4, -0.2) is 54.4 Å². The minimum absolute atomic E-state index is 0.00974. The Kier molecular flexibility index (Phi) is 4.59. The van der Waals surface area contributed by atoms with Gasteiger partial charge in [0.15, 0.2) is 0 Å². The van der Waals surface area contributed by atoms with Crippen molar-refractivity contribution in [2.24, 2.45) is 7.05 Å². The molecule has 0 aliphatic carbocycles. The largest absolute Gasteiger partial charge is 0.335 e. The normalized spacial score (nSPS) is 19.6. The maximum absolute atomic E-state index is 12.5. The van der Waals surface area contributed by atoms with E-state index < -0.39 is 0 Å². The summed E-state index contributed by atoms with van der Waals surface area (Å²) < 4.78 is 3.90. The van der Waals surface area contributed by atoms with Crippen LogP contribution in [0.4, 0.5) is 4.79 Å². The zero-order chi connectivity index (χ0) is 16.2. The zero-order valence-corrected chi connectivity index (χ0v) is 13.6. The Morgan fingerprint density at radius 3 is 3.04 bits per heavy atom. The molecule has 0 saturated carbocycles. The molecule has 3 heterocycles. The highest BCUT2D eigenvalue weighted by atomic mass is 16.2. The molecule has 124 valence electrons. The van der Waals surface area contributed by atoms with E-state index in [1.54, 1.807) is 18.9 Å². The van der Waals surface area contributed by atoms with Gasteiger partial charge in [-0.15, -0.1) is 10.2 Å². The first kappa shape index (κ1) is 15.5. The summed E-state index contributed by atoms with van der Waals surface area (Å²) in [7, 11) is 1.95. The predicted octanol–water partition coefficient (Wildman–Crippen LogP) is 0.989. The number of piperidine rings is 1. The van der Waals surface area contributed by atoms with Crippen LogP contribution in [0.5, 0.6) is 0 Å². The van der Waals surface area contributed by atoms with Crippen molar-refractivity contribution < 1.29 is 4.79 Å². The lowest BCUT2D eigenvalue weighted by Gasteiger charge is -2.33. The number of aryl methyl sites for hydroxylation is 1. The number of imidazole rings is 1. The molecule has 1 N–H and O–H groups in total. The van der Waals surface area contributed by atoms with Gasteiger partial charge in [0.1, 0.15) is 12.2 Å². The lowest BCUT2D eigenvalue weighted by molar-refractivity contribution is 0.174. The molecule has 0 spiro atoms. The average Bonchev–Trinajstić information content (AvgIpc) is 3.19. The van der Waals surface area contributed by atoms with Crippen molar-refractivity contribution in [2.75, 3.05) is 13.1 Å². The molecule has 2 aromatic heterocycles. The maximum Gasteiger partial charge on any atom is 0.317 e. The molecule has 1 aliphatic heterocycles. The Labute approximate surface area is 135 Å². The molecule has 0 unspecified atom stereocenters. The zero-order valence-electron chi connectivity index (χ0n) is 13.6. The lowest BCUT2D eigenvalue weighted by atomic mass is 9.97. The van der Waals surface area contributed by atoms with Crippen LogP contribution in [0.25, 0.3) is 0 Å². The van der Waals surface area contributed by atoms with E-state index in [0.717, 1.165) is 25.2 Å². The molecule has 1 aliphatic rings. The standard InChI is InChI=1S/C15H23N7O/c1-12(8-21-7-5-16-10-21)18-15(23)22-6-3-4-13(9-22)14-19-17-11-20(14)2/h5,7,10-13H,3-4,6,8-9H2,1-2H3,(H,18,23)/t12-,13+/m0/s1. The molecular formula is C15H23N7O. The first-order chi connectivity index (χ1) is 11.1. The van der Waals surface area contributed by atoms with Crippen LogP contribution in [0.2, 0.25) is 0 Å². The Bertz CT molecular complexity index is 636. The lowest BCUT2D eigenvalue weighted by Crippen LogP contribution is -2.48. The van der Waals surface area contributed by atoms with E-state index >= 15 is 0 Å². The van der Waals surface area contributed by atoms with E-state index in [1.807, 2.05) is 34.2 Å². The van der Waals surface area contributed by atoms with Crippen molar-refractivity contribution in [3.63, 3.8) is 0 Å². The van der Waals surface area contributed by atoms with Gasteiger partial charge in [-0.25, -0.2) is 9.78 Å². The molecular weight excluding hydrogens is 294 g/mol. The summed E-state index contributed by atoms with van der Waals surface area (Å²) in [5.74, 6) is 1.21. The summed E-state index contributed by atoms with van der Waals surface area (Å²) in [5, 5.41) is 11.2. The van der Waals surface area contributed by atoms with Crippen LogP contribution in [0, 0.1) is 0 Å². The topological polar surface area (TPSA) is 80.9 Å². The summed E-state index contributed by atoms with van der Waals surface area (Å²) in [6, 6.07) is 0.0383. The number of rotatable bonds is 4. The Morgan fingerprint density at radius 1 is 1.48 bits per heavy atom. The van der Waals surface area contributed by atoms with Crippen LogP contribution < -0.4 is 5.32 Å². The molecule has 2 atom stereocenters. The molecule has 2 aromatic rings. The number of amides is 2. The fourth-order valence-electron chi connectivity index (χ4n) is 3.09. The monoisotopic (exact) mass is 317 g/mol. The molecule has 1 saturated heterocycles. The van der Waals surface area contributed by atoms with Crippen LogP contribution >= 0.6 is 0 Å². The third-order valence-electron chi connectivity index (χ3n) is 4.23. The number of hydrogen-bond acceptors (Lipinski definition) is 4. The Hall–Kier alpha value is -2.38. The number of aromatic nitrogens is 5. The van der Waals surface area contributed by atoms with Crippen molar-refractivity contribution in [3.8, 4) is 0 Å². The molecule has 23 heavy (non-hydrogen) atoms. The van der Waals surface area contributed by atoms with Gasteiger partial charge in [-0.05, 0) is 19.8 Å². The molecule has 1 fully saturated rings. The summed E-state index contributed by atoms with van der Waals surface area (Å²) in [6.07, 6.45) is 9.13. The number of carbonyl (C=O) groups excluding carboxylic acids is 1. The highest BCUT2D eigenvalue weighted by Crippen LogP contribution is 2.24. The van der Waals surface area contributed by atoms with E-state index in [0.29, 0.717) is 13.1 Å². The number of nitrogens with zero attached hydrogens (tertiary/aromatic N) is 6. The Morgan fingerprint density at radius 2 is 2.35 bits per heavy atom. The second kappa shape index (κ2) is 6.80. The molecule has 0 aromatic carbocycles. The molecule has 0 bridgehead atoms. The SMILES string of the molecule is C[C@@H](Cn1ccnc1)NC(=O)N1CCC[C@@H](c2nncn2C)C1. The van der Waals surface area contributed by atoms with Crippen molar-refractivity contribution in [1.82, 2.24) is 34.5 Å². The van der Waals surface area contributed by atoms with Gasteiger partial charge in [0.05, 0.1) is 6.33 Å².